The molecule has 2 nitrogen and oxygen atoms in total. The summed E-state index contributed by atoms with van der Waals surface area (Å²) in [5.41, 5.74) is 1.40. The molecule has 1 aromatic carbocycles. The van der Waals surface area contributed by atoms with Crippen molar-refractivity contribution >= 4 is 15.9 Å². The lowest BCUT2D eigenvalue weighted by molar-refractivity contribution is 0.184. The standard InChI is InChI=1S/C16H25BrN2/c1-3-19(12-16-6-4-5-11-18-16)13(2)14-7-9-15(17)10-8-14/h7-10,13,16,18H,3-6,11-12H2,1-2H3. The van der Waals surface area contributed by atoms with E-state index in [4.69, 9.17) is 0 Å². The maximum Gasteiger partial charge on any atom is 0.0320 e. The average molecular weight is 325 g/mol. The summed E-state index contributed by atoms with van der Waals surface area (Å²) in [6.07, 6.45) is 4.04. The first kappa shape index (κ1) is 15.0. The van der Waals surface area contributed by atoms with Crippen LogP contribution in [0.2, 0.25) is 0 Å². The second-order valence-corrected chi connectivity index (χ2v) is 6.38. The van der Waals surface area contributed by atoms with E-state index in [0.717, 1.165) is 17.6 Å². The molecule has 1 aliphatic heterocycles. The van der Waals surface area contributed by atoms with Gasteiger partial charge in [-0.2, -0.15) is 0 Å². The van der Waals surface area contributed by atoms with E-state index in [1.165, 1.54) is 31.4 Å². The van der Waals surface area contributed by atoms with Gasteiger partial charge in [0.1, 0.15) is 0 Å². The fourth-order valence-corrected chi connectivity index (χ4v) is 3.14. The van der Waals surface area contributed by atoms with Gasteiger partial charge in [0.15, 0.2) is 0 Å². The van der Waals surface area contributed by atoms with Crippen LogP contribution in [0.3, 0.4) is 0 Å². The van der Waals surface area contributed by atoms with Crippen molar-refractivity contribution in [2.45, 2.75) is 45.2 Å². The molecular weight excluding hydrogens is 300 g/mol. The van der Waals surface area contributed by atoms with Gasteiger partial charge in [0.25, 0.3) is 0 Å². The second kappa shape index (κ2) is 7.41. The molecule has 1 N–H and O–H groups in total. The average Bonchev–Trinajstić information content (AvgIpc) is 2.46. The summed E-state index contributed by atoms with van der Waals surface area (Å²) in [5.74, 6) is 0. The summed E-state index contributed by atoms with van der Waals surface area (Å²) in [7, 11) is 0. The van der Waals surface area contributed by atoms with E-state index in [9.17, 15) is 0 Å². The Morgan fingerprint density at radius 2 is 2.05 bits per heavy atom. The van der Waals surface area contributed by atoms with Crippen molar-refractivity contribution in [2.24, 2.45) is 0 Å². The molecule has 0 amide bonds. The number of nitrogens with one attached hydrogen (secondary N) is 1. The van der Waals surface area contributed by atoms with Crippen molar-refractivity contribution in [3.63, 3.8) is 0 Å². The third kappa shape index (κ3) is 4.30. The summed E-state index contributed by atoms with van der Waals surface area (Å²) in [5, 5.41) is 3.65. The van der Waals surface area contributed by atoms with Crippen LogP contribution in [0, 0.1) is 0 Å². The minimum absolute atomic E-state index is 0.488. The van der Waals surface area contributed by atoms with Crippen LogP contribution in [0.4, 0.5) is 0 Å². The van der Waals surface area contributed by atoms with Gasteiger partial charge in [-0.3, -0.25) is 4.90 Å². The van der Waals surface area contributed by atoms with Crippen molar-refractivity contribution in [3.8, 4) is 0 Å². The molecule has 3 heteroatoms. The normalized spacial score (nSPS) is 21.6. The molecule has 1 saturated heterocycles. The zero-order chi connectivity index (χ0) is 13.7. The van der Waals surface area contributed by atoms with Crippen molar-refractivity contribution in [1.29, 1.82) is 0 Å². The van der Waals surface area contributed by atoms with E-state index in [1.807, 2.05) is 0 Å². The van der Waals surface area contributed by atoms with Gasteiger partial charge in [0, 0.05) is 23.1 Å². The molecule has 0 aliphatic carbocycles. The second-order valence-electron chi connectivity index (χ2n) is 5.46. The van der Waals surface area contributed by atoms with Gasteiger partial charge < -0.3 is 5.32 Å². The highest BCUT2D eigenvalue weighted by Gasteiger charge is 2.20. The minimum atomic E-state index is 0.488. The fourth-order valence-electron chi connectivity index (χ4n) is 2.88. The number of likely N-dealkylation sites (N-methyl/N-ethyl adjacent to an activating group) is 1. The maximum atomic E-state index is 3.65. The minimum Gasteiger partial charge on any atom is -0.313 e. The van der Waals surface area contributed by atoms with E-state index in [-0.39, 0.29) is 0 Å². The summed E-state index contributed by atoms with van der Waals surface area (Å²) < 4.78 is 1.15. The molecule has 0 spiro atoms. The van der Waals surface area contributed by atoms with Gasteiger partial charge in [-0.05, 0) is 50.6 Å². The number of hydrogen-bond donors (Lipinski definition) is 1. The Hall–Kier alpha value is -0.380. The Labute approximate surface area is 125 Å². The molecule has 0 saturated carbocycles. The highest BCUT2D eigenvalue weighted by Crippen LogP contribution is 2.23. The zero-order valence-electron chi connectivity index (χ0n) is 12.0. The predicted molar refractivity (Wildman–Crippen MR) is 85.4 cm³/mol. The summed E-state index contributed by atoms with van der Waals surface area (Å²) in [4.78, 5) is 2.58. The number of hydrogen-bond acceptors (Lipinski definition) is 2. The fraction of sp³-hybridized carbons (Fsp3) is 0.625. The molecule has 2 atom stereocenters. The van der Waals surface area contributed by atoms with Crippen LogP contribution in [0.25, 0.3) is 0 Å². The summed E-state index contributed by atoms with van der Waals surface area (Å²) >= 11 is 3.50. The number of rotatable bonds is 5. The number of halogens is 1. The van der Waals surface area contributed by atoms with Gasteiger partial charge in [0.2, 0.25) is 0 Å². The maximum absolute atomic E-state index is 3.65. The van der Waals surface area contributed by atoms with E-state index in [1.54, 1.807) is 0 Å². The zero-order valence-corrected chi connectivity index (χ0v) is 13.6. The third-order valence-corrected chi connectivity index (χ3v) is 4.70. The van der Waals surface area contributed by atoms with Crippen LogP contribution in [-0.4, -0.2) is 30.6 Å². The lowest BCUT2D eigenvalue weighted by atomic mass is 10.0. The molecule has 1 aromatic rings. The van der Waals surface area contributed by atoms with Crippen molar-refractivity contribution in [2.75, 3.05) is 19.6 Å². The molecule has 1 heterocycles. The molecular formula is C16H25BrN2. The number of benzene rings is 1. The molecule has 2 unspecified atom stereocenters. The molecule has 106 valence electrons. The Kier molecular flexibility index (Phi) is 5.86. The molecule has 0 aromatic heterocycles. The monoisotopic (exact) mass is 324 g/mol. The third-order valence-electron chi connectivity index (χ3n) is 4.17. The molecule has 1 fully saturated rings. The largest absolute Gasteiger partial charge is 0.313 e. The van der Waals surface area contributed by atoms with Crippen LogP contribution in [0.5, 0.6) is 0 Å². The lowest BCUT2D eigenvalue weighted by Gasteiger charge is -2.34. The highest BCUT2D eigenvalue weighted by atomic mass is 79.9. The first-order valence-corrected chi connectivity index (χ1v) is 8.23. The lowest BCUT2D eigenvalue weighted by Crippen LogP contribution is -2.44. The van der Waals surface area contributed by atoms with Crippen LogP contribution in [0.1, 0.15) is 44.7 Å². The first-order valence-electron chi connectivity index (χ1n) is 7.43. The predicted octanol–water partition coefficient (Wildman–Crippen LogP) is 3.97. The van der Waals surface area contributed by atoms with Crippen LogP contribution >= 0.6 is 15.9 Å². The molecule has 2 rings (SSSR count). The van der Waals surface area contributed by atoms with Crippen molar-refractivity contribution in [3.05, 3.63) is 34.3 Å². The van der Waals surface area contributed by atoms with Crippen LogP contribution in [-0.2, 0) is 0 Å². The number of piperidine rings is 1. The summed E-state index contributed by atoms with van der Waals surface area (Å²) in [6, 6.07) is 9.89. The van der Waals surface area contributed by atoms with E-state index in [0.29, 0.717) is 12.1 Å². The van der Waals surface area contributed by atoms with Crippen molar-refractivity contribution in [1.82, 2.24) is 10.2 Å². The van der Waals surface area contributed by atoms with Gasteiger partial charge >= 0.3 is 0 Å². The quantitative estimate of drug-likeness (QED) is 0.881. The van der Waals surface area contributed by atoms with E-state index in [2.05, 4.69) is 64.3 Å². The number of nitrogens with zero attached hydrogens (tertiary/aromatic N) is 1. The first-order chi connectivity index (χ1) is 9.20. The Morgan fingerprint density at radius 3 is 2.63 bits per heavy atom. The van der Waals surface area contributed by atoms with Crippen LogP contribution in [0.15, 0.2) is 28.7 Å². The van der Waals surface area contributed by atoms with Gasteiger partial charge in [-0.25, -0.2) is 0 Å². The van der Waals surface area contributed by atoms with Gasteiger partial charge in [-0.1, -0.05) is 41.4 Å². The Bertz CT molecular complexity index is 371. The van der Waals surface area contributed by atoms with E-state index < -0.39 is 0 Å². The van der Waals surface area contributed by atoms with Crippen molar-refractivity contribution < 1.29 is 0 Å². The Balaban J connectivity index is 1.97. The molecule has 19 heavy (non-hydrogen) atoms. The molecule has 0 bridgehead atoms. The molecule has 0 radical (unpaired) electrons. The molecule has 1 aliphatic rings. The van der Waals surface area contributed by atoms with Gasteiger partial charge in [0.05, 0.1) is 0 Å². The van der Waals surface area contributed by atoms with E-state index >= 15 is 0 Å². The van der Waals surface area contributed by atoms with Gasteiger partial charge in [-0.15, -0.1) is 0 Å². The van der Waals surface area contributed by atoms with Crippen LogP contribution < -0.4 is 5.32 Å². The summed E-state index contributed by atoms with van der Waals surface area (Å²) in [6.45, 7) is 8.03. The smallest absolute Gasteiger partial charge is 0.0320 e. The SMILES string of the molecule is CCN(CC1CCCCN1)C(C)c1ccc(Br)cc1. The highest BCUT2D eigenvalue weighted by molar-refractivity contribution is 9.10. The topological polar surface area (TPSA) is 15.3 Å². The Morgan fingerprint density at radius 1 is 1.32 bits per heavy atom.